The third-order valence-electron chi connectivity index (χ3n) is 2.08. The van der Waals surface area contributed by atoms with Crippen LogP contribution < -0.4 is 0 Å². The minimum atomic E-state index is -3.34. The molecule has 0 saturated heterocycles. The van der Waals surface area contributed by atoms with E-state index in [1.807, 2.05) is 13.8 Å². The SMILES string of the molecule is CCCCN(CCC)S(=O)(=O)/C=C/C=C(\S)Cl. The Balaban J connectivity index is 4.70. The van der Waals surface area contributed by atoms with E-state index in [4.69, 9.17) is 11.6 Å². The van der Waals surface area contributed by atoms with Crippen molar-refractivity contribution >= 4 is 34.3 Å². The number of thiol groups is 1. The molecule has 0 amide bonds. The smallest absolute Gasteiger partial charge is 0.208 e. The molecule has 0 bridgehead atoms. The number of halogens is 1. The van der Waals surface area contributed by atoms with Crippen molar-refractivity contribution in [2.45, 2.75) is 33.1 Å². The van der Waals surface area contributed by atoms with Gasteiger partial charge in [0.15, 0.2) is 0 Å². The van der Waals surface area contributed by atoms with Gasteiger partial charge in [0.05, 0.1) is 4.36 Å². The van der Waals surface area contributed by atoms with Crippen molar-refractivity contribution in [1.82, 2.24) is 4.31 Å². The molecule has 0 heterocycles. The van der Waals surface area contributed by atoms with E-state index in [0.717, 1.165) is 24.7 Å². The van der Waals surface area contributed by atoms with Crippen LogP contribution in [-0.2, 0) is 10.0 Å². The molecule has 3 nitrogen and oxygen atoms in total. The molecular weight excluding hydrogens is 278 g/mol. The second kappa shape index (κ2) is 9.03. The molecule has 0 rings (SSSR count). The van der Waals surface area contributed by atoms with Crippen LogP contribution in [0.4, 0.5) is 0 Å². The normalized spacial score (nSPS) is 13.8. The second-order valence-corrected chi connectivity index (χ2v) is 6.59. The monoisotopic (exact) mass is 297 g/mol. The van der Waals surface area contributed by atoms with Gasteiger partial charge >= 0.3 is 0 Å². The van der Waals surface area contributed by atoms with Crippen LogP contribution in [0.25, 0.3) is 0 Å². The van der Waals surface area contributed by atoms with Gasteiger partial charge in [0, 0.05) is 18.5 Å². The van der Waals surface area contributed by atoms with Crippen LogP contribution in [0.15, 0.2) is 21.9 Å². The van der Waals surface area contributed by atoms with Gasteiger partial charge in [-0.1, -0.05) is 31.9 Å². The fraction of sp³-hybridized carbons (Fsp3) is 0.636. The first-order valence-corrected chi connectivity index (χ1v) is 7.99. The largest absolute Gasteiger partial charge is 0.236 e. The summed E-state index contributed by atoms with van der Waals surface area (Å²) in [5, 5.41) is 1.16. The molecule has 0 aromatic carbocycles. The van der Waals surface area contributed by atoms with Crippen molar-refractivity contribution in [3.8, 4) is 0 Å². The number of allylic oxidation sites excluding steroid dienone is 2. The van der Waals surface area contributed by atoms with E-state index >= 15 is 0 Å². The summed E-state index contributed by atoms with van der Waals surface area (Å²) in [4.78, 5) is 0. The first-order chi connectivity index (χ1) is 7.94. The van der Waals surface area contributed by atoms with Crippen LogP contribution in [-0.4, -0.2) is 25.8 Å². The van der Waals surface area contributed by atoms with E-state index in [1.54, 1.807) is 0 Å². The van der Waals surface area contributed by atoms with Gasteiger partial charge < -0.3 is 0 Å². The zero-order valence-electron chi connectivity index (χ0n) is 10.3. The maximum atomic E-state index is 11.9. The summed E-state index contributed by atoms with van der Waals surface area (Å²) in [6, 6.07) is 0. The zero-order valence-corrected chi connectivity index (χ0v) is 12.7. The Labute approximate surface area is 115 Å². The highest BCUT2D eigenvalue weighted by Gasteiger charge is 2.16. The Hall–Kier alpha value is 0.0300. The van der Waals surface area contributed by atoms with Gasteiger partial charge in [-0.05, 0) is 25.0 Å². The van der Waals surface area contributed by atoms with Crippen LogP contribution in [0.5, 0.6) is 0 Å². The summed E-state index contributed by atoms with van der Waals surface area (Å²) >= 11 is 9.34. The van der Waals surface area contributed by atoms with Gasteiger partial charge in [-0.2, -0.15) is 4.31 Å². The molecule has 100 valence electrons. The number of unbranched alkanes of at least 4 members (excludes halogenated alkanes) is 1. The van der Waals surface area contributed by atoms with Gasteiger partial charge in [0.1, 0.15) is 0 Å². The first-order valence-electron chi connectivity index (χ1n) is 5.67. The van der Waals surface area contributed by atoms with Crippen LogP contribution >= 0.6 is 24.2 Å². The number of hydrogen-bond donors (Lipinski definition) is 1. The molecule has 0 aliphatic heterocycles. The molecule has 6 heteroatoms. The topological polar surface area (TPSA) is 37.4 Å². The fourth-order valence-electron chi connectivity index (χ4n) is 1.25. The number of rotatable bonds is 8. The van der Waals surface area contributed by atoms with E-state index in [1.165, 1.54) is 16.5 Å². The van der Waals surface area contributed by atoms with Crippen molar-refractivity contribution < 1.29 is 8.42 Å². The highest BCUT2D eigenvalue weighted by atomic mass is 35.5. The van der Waals surface area contributed by atoms with E-state index < -0.39 is 10.0 Å². The molecular formula is C11H20ClNO2S2. The number of nitrogens with zero attached hydrogens (tertiary/aromatic N) is 1. The van der Waals surface area contributed by atoms with Crippen LogP contribution in [0, 0.1) is 0 Å². The molecule has 0 aliphatic rings. The third-order valence-corrected chi connectivity index (χ3v) is 3.94. The molecule has 0 N–H and O–H groups in total. The van der Waals surface area contributed by atoms with Gasteiger partial charge in [0.2, 0.25) is 10.0 Å². The molecule has 0 unspecified atom stereocenters. The molecule has 0 saturated carbocycles. The van der Waals surface area contributed by atoms with Crippen LogP contribution in [0.3, 0.4) is 0 Å². The summed E-state index contributed by atoms with van der Waals surface area (Å²) in [5.41, 5.74) is 0. The molecule has 0 radical (unpaired) electrons. The van der Waals surface area contributed by atoms with Crippen molar-refractivity contribution in [3.63, 3.8) is 0 Å². The molecule has 0 spiro atoms. The van der Waals surface area contributed by atoms with E-state index in [9.17, 15) is 8.42 Å². The Morgan fingerprint density at radius 2 is 1.94 bits per heavy atom. The highest BCUT2D eigenvalue weighted by Crippen LogP contribution is 2.09. The standard InChI is InChI=1S/C11H20ClNO2S2/c1-3-5-9-13(8-4-2)17(14,15)10-6-7-11(12)16/h6-7,10,16H,3-5,8-9H2,1-2H3/b10-6+,11-7-. The predicted molar refractivity (Wildman–Crippen MR) is 77.8 cm³/mol. The number of hydrogen-bond acceptors (Lipinski definition) is 3. The Bertz CT molecular complexity index is 360. The summed E-state index contributed by atoms with van der Waals surface area (Å²) in [6.07, 6.45) is 5.49. The lowest BCUT2D eigenvalue weighted by atomic mass is 10.3. The van der Waals surface area contributed by atoms with Gasteiger partial charge in [0.25, 0.3) is 0 Å². The molecule has 17 heavy (non-hydrogen) atoms. The molecule has 0 fully saturated rings. The van der Waals surface area contributed by atoms with Gasteiger partial charge in [-0.25, -0.2) is 8.42 Å². The summed E-state index contributed by atoms with van der Waals surface area (Å²) < 4.78 is 25.6. The van der Waals surface area contributed by atoms with Crippen LogP contribution in [0.1, 0.15) is 33.1 Å². The lowest BCUT2D eigenvalue weighted by Gasteiger charge is -2.18. The van der Waals surface area contributed by atoms with E-state index in [0.29, 0.717) is 13.1 Å². The first kappa shape index (κ1) is 17.0. The highest BCUT2D eigenvalue weighted by molar-refractivity contribution is 7.92. The Morgan fingerprint density at radius 3 is 2.41 bits per heavy atom. The average molecular weight is 298 g/mol. The third kappa shape index (κ3) is 7.86. The minimum Gasteiger partial charge on any atom is -0.208 e. The Kier molecular flexibility index (Phi) is 9.04. The lowest BCUT2D eigenvalue weighted by Crippen LogP contribution is -2.31. The quantitative estimate of drug-likeness (QED) is 0.551. The summed E-state index contributed by atoms with van der Waals surface area (Å²) in [6.45, 7) is 5.11. The van der Waals surface area contributed by atoms with E-state index in [-0.39, 0.29) is 4.36 Å². The summed E-state index contributed by atoms with van der Waals surface area (Å²) in [7, 11) is -3.34. The minimum absolute atomic E-state index is 0.257. The maximum Gasteiger partial charge on any atom is 0.236 e. The number of sulfonamides is 1. The maximum absolute atomic E-state index is 11.9. The molecule has 0 atom stereocenters. The van der Waals surface area contributed by atoms with Crippen LogP contribution in [0.2, 0.25) is 0 Å². The Morgan fingerprint density at radius 1 is 1.29 bits per heavy atom. The van der Waals surface area contributed by atoms with Gasteiger partial charge in [-0.3, -0.25) is 0 Å². The zero-order chi connectivity index (χ0) is 13.3. The van der Waals surface area contributed by atoms with Crippen molar-refractivity contribution in [1.29, 1.82) is 0 Å². The molecule has 0 aromatic rings. The van der Waals surface area contributed by atoms with E-state index in [2.05, 4.69) is 12.6 Å². The predicted octanol–water partition coefficient (Wildman–Crippen LogP) is 3.35. The second-order valence-electron chi connectivity index (χ2n) is 3.62. The van der Waals surface area contributed by atoms with Crippen molar-refractivity contribution in [2.75, 3.05) is 13.1 Å². The van der Waals surface area contributed by atoms with Crippen molar-refractivity contribution in [2.24, 2.45) is 0 Å². The molecule has 0 aromatic heterocycles. The van der Waals surface area contributed by atoms with Crippen molar-refractivity contribution in [3.05, 3.63) is 21.9 Å². The average Bonchev–Trinajstić information content (AvgIpc) is 2.23. The lowest BCUT2D eigenvalue weighted by molar-refractivity contribution is 0.408. The molecule has 0 aliphatic carbocycles. The summed E-state index contributed by atoms with van der Waals surface area (Å²) in [5.74, 6) is 0. The fourth-order valence-corrected chi connectivity index (χ4v) is 2.68. The van der Waals surface area contributed by atoms with Gasteiger partial charge in [-0.15, -0.1) is 12.6 Å².